The number of nitrogens with zero attached hydrogens (tertiary/aromatic N) is 3. The van der Waals surface area contributed by atoms with E-state index in [1.165, 1.54) is 11.3 Å². The number of fused-ring (bicyclic) bond motifs is 4. The number of amides is 2. The van der Waals surface area contributed by atoms with Gasteiger partial charge < -0.3 is 15.0 Å². The maximum Gasteiger partial charge on any atom is 0.270 e. The highest BCUT2D eigenvalue weighted by molar-refractivity contribution is 7.17. The molecule has 6 heterocycles. The van der Waals surface area contributed by atoms with Crippen molar-refractivity contribution in [3.05, 3.63) is 28.9 Å². The van der Waals surface area contributed by atoms with Crippen molar-refractivity contribution < 1.29 is 14.3 Å². The summed E-state index contributed by atoms with van der Waals surface area (Å²) in [5, 5.41) is 5.92. The average molecular weight is 415 g/mol. The van der Waals surface area contributed by atoms with E-state index in [0.717, 1.165) is 36.0 Å². The number of morpholine rings is 1. The van der Waals surface area contributed by atoms with Crippen molar-refractivity contribution in [2.45, 2.75) is 31.8 Å². The Balaban J connectivity index is 1.38. The Bertz CT molecular complexity index is 929. The topological polar surface area (TPSA) is 74.8 Å². The number of carbonyl (C=O) groups is 2. The fourth-order valence-electron chi connectivity index (χ4n) is 4.93. The fourth-order valence-corrected chi connectivity index (χ4v) is 5.81. The number of pyridine rings is 1. The summed E-state index contributed by atoms with van der Waals surface area (Å²) in [5.74, 6) is 0.402. The number of hydrogen-bond acceptors (Lipinski definition) is 6. The highest BCUT2D eigenvalue weighted by atomic mass is 32.1. The van der Waals surface area contributed by atoms with E-state index in [0.29, 0.717) is 49.5 Å². The van der Waals surface area contributed by atoms with E-state index in [1.807, 2.05) is 10.3 Å². The van der Waals surface area contributed by atoms with Gasteiger partial charge in [-0.15, -0.1) is 11.3 Å². The second-order valence-electron chi connectivity index (χ2n) is 8.23. The van der Waals surface area contributed by atoms with Crippen LogP contribution in [0.25, 0.3) is 10.1 Å². The van der Waals surface area contributed by atoms with Gasteiger partial charge in [0, 0.05) is 42.1 Å². The number of ether oxygens (including phenoxy) is 1. The lowest BCUT2D eigenvalue weighted by atomic mass is 9.79. The molecular weight excluding hydrogens is 388 g/mol. The molecule has 2 bridgehead atoms. The van der Waals surface area contributed by atoms with E-state index in [2.05, 4.69) is 22.1 Å². The summed E-state index contributed by atoms with van der Waals surface area (Å²) >= 11 is 1.49. The number of rotatable bonds is 3. The number of carbonyl (C=O) groups excluding carboxylic acids is 2. The van der Waals surface area contributed by atoms with Crippen molar-refractivity contribution in [3.8, 4) is 0 Å². The quantitative estimate of drug-likeness (QED) is 0.831. The van der Waals surface area contributed by atoms with E-state index < -0.39 is 0 Å². The molecule has 1 N–H and O–H groups in total. The summed E-state index contributed by atoms with van der Waals surface area (Å²) < 4.78 is 6.27. The van der Waals surface area contributed by atoms with Crippen molar-refractivity contribution in [1.29, 1.82) is 0 Å². The van der Waals surface area contributed by atoms with Gasteiger partial charge in [-0.3, -0.25) is 14.5 Å². The van der Waals surface area contributed by atoms with Crippen LogP contribution >= 0.6 is 11.3 Å². The summed E-state index contributed by atoms with van der Waals surface area (Å²) in [6, 6.07) is 2.30. The first-order chi connectivity index (χ1) is 14.1. The molecule has 7 nitrogen and oxygen atoms in total. The van der Waals surface area contributed by atoms with E-state index in [9.17, 15) is 9.59 Å². The molecule has 4 saturated heterocycles. The molecule has 29 heavy (non-hydrogen) atoms. The third kappa shape index (κ3) is 3.43. The zero-order valence-corrected chi connectivity index (χ0v) is 17.4. The SMILES string of the molecule is CC1C(NC(=O)c2cc3c(C(=O)N4CCOCC4)csc3cn2)C2CCN1CC2. The average Bonchev–Trinajstić information content (AvgIpc) is 3.20. The van der Waals surface area contributed by atoms with Crippen LogP contribution < -0.4 is 5.32 Å². The van der Waals surface area contributed by atoms with Crippen molar-refractivity contribution >= 4 is 33.2 Å². The Hall–Kier alpha value is -2.03. The molecule has 2 aromatic rings. The second kappa shape index (κ2) is 7.66. The summed E-state index contributed by atoms with van der Waals surface area (Å²) in [6.07, 6.45) is 4.00. The summed E-state index contributed by atoms with van der Waals surface area (Å²) in [4.78, 5) is 34.6. The maximum atomic E-state index is 13.0. The first kappa shape index (κ1) is 19.0. The van der Waals surface area contributed by atoms with Crippen LogP contribution in [-0.4, -0.2) is 78.1 Å². The molecule has 4 fully saturated rings. The summed E-state index contributed by atoms with van der Waals surface area (Å²) in [6.45, 7) is 6.80. The summed E-state index contributed by atoms with van der Waals surface area (Å²) in [5.41, 5.74) is 1.04. The minimum absolute atomic E-state index is 0.00289. The molecule has 2 aromatic heterocycles. The molecule has 4 aliphatic heterocycles. The van der Waals surface area contributed by atoms with E-state index >= 15 is 0 Å². The van der Waals surface area contributed by atoms with Crippen LogP contribution in [0.5, 0.6) is 0 Å². The molecule has 0 spiro atoms. The molecule has 0 aliphatic carbocycles. The third-order valence-electron chi connectivity index (χ3n) is 6.70. The maximum absolute atomic E-state index is 13.0. The molecule has 2 unspecified atom stereocenters. The Morgan fingerprint density at radius 2 is 1.97 bits per heavy atom. The van der Waals surface area contributed by atoms with Gasteiger partial charge in [0.05, 0.1) is 23.5 Å². The Labute approximate surface area is 174 Å². The van der Waals surface area contributed by atoms with Crippen LogP contribution in [0.4, 0.5) is 0 Å². The van der Waals surface area contributed by atoms with Gasteiger partial charge >= 0.3 is 0 Å². The second-order valence-corrected chi connectivity index (χ2v) is 9.14. The molecule has 8 heteroatoms. The minimum Gasteiger partial charge on any atom is -0.378 e. The standard InChI is InChI=1S/C21H26N4O3S/c1-13-19(14-2-4-24(13)5-3-14)23-20(26)17-10-15-16(12-29-18(15)11-22-17)21(27)25-6-8-28-9-7-25/h10-14,19H,2-9H2,1H3,(H,23,26). The lowest BCUT2D eigenvalue weighted by Gasteiger charge is -2.49. The van der Waals surface area contributed by atoms with Gasteiger partial charge in [0.25, 0.3) is 11.8 Å². The lowest BCUT2D eigenvalue weighted by Crippen LogP contribution is -2.62. The number of hydrogen-bond donors (Lipinski definition) is 1. The zero-order valence-electron chi connectivity index (χ0n) is 16.6. The lowest BCUT2D eigenvalue weighted by molar-refractivity contribution is 0.0216. The first-order valence-electron chi connectivity index (χ1n) is 10.4. The molecule has 2 atom stereocenters. The predicted octanol–water partition coefficient (Wildman–Crippen LogP) is 1.98. The third-order valence-corrected chi connectivity index (χ3v) is 7.63. The largest absolute Gasteiger partial charge is 0.378 e. The van der Waals surface area contributed by atoms with Gasteiger partial charge in [0.2, 0.25) is 0 Å². The van der Waals surface area contributed by atoms with E-state index in [4.69, 9.17) is 4.74 Å². The highest BCUT2D eigenvalue weighted by Gasteiger charge is 2.40. The monoisotopic (exact) mass is 414 g/mol. The van der Waals surface area contributed by atoms with Gasteiger partial charge in [-0.2, -0.15) is 0 Å². The fraction of sp³-hybridized carbons (Fsp3) is 0.571. The molecular formula is C21H26N4O3S. The zero-order chi connectivity index (χ0) is 20.0. The van der Waals surface area contributed by atoms with E-state index in [-0.39, 0.29) is 17.9 Å². The van der Waals surface area contributed by atoms with Crippen LogP contribution in [0.15, 0.2) is 17.6 Å². The van der Waals surface area contributed by atoms with Crippen LogP contribution in [0.2, 0.25) is 0 Å². The van der Waals surface area contributed by atoms with Gasteiger partial charge in [0.1, 0.15) is 5.69 Å². The van der Waals surface area contributed by atoms with E-state index in [1.54, 1.807) is 12.3 Å². The molecule has 0 radical (unpaired) electrons. The smallest absolute Gasteiger partial charge is 0.270 e. The molecule has 6 rings (SSSR count). The molecule has 0 aromatic carbocycles. The van der Waals surface area contributed by atoms with Crippen molar-refractivity contribution in [1.82, 2.24) is 20.1 Å². The van der Waals surface area contributed by atoms with Crippen LogP contribution in [0.3, 0.4) is 0 Å². The first-order valence-corrected chi connectivity index (χ1v) is 11.3. The predicted molar refractivity (Wildman–Crippen MR) is 111 cm³/mol. The van der Waals surface area contributed by atoms with Crippen LogP contribution in [0.1, 0.15) is 40.6 Å². The molecule has 154 valence electrons. The summed E-state index contributed by atoms with van der Waals surface area (Å²) in [7, 11) is 0. The Morgan fingerprint density at radius 1 is 1.21 bits per heavy atom. The Kier molecular flexibility index (Phi) is 5.01. The number of nitrogens with one attached hydrogen (secondary N) is 1. The number of aromatic nitrogens is 1. The molecule has 0 saturated carbocycles. The van der Waals surface area contributed by atoms with Gasteiger partial charge in [0.15, 0.2) is 0 Å². The Morgan fingerprint density at radius 3 is 2.69 bits per heavy atom. The molecule has 2 amide bonds. The van der Waals surface area contributed by atoms with Crippen LogP contribution in [-0.2, 0) is 4.74 Å². The van der Waals surface area contributed by atoms with Crippen molar-refractivity contribution in [2.24, 2.45) is 5.92 Å². The number of thiophene rings is 1. The minimum atomic E-state index is -0.145. The number of piperidine rings is 3. The highest BCUT2D eigenvalue weighted by Crippen LogP contribution is 2.32. The van der Waals surface area contributed by atoms with Gasteiger partial charge in [-0.25, -0.2) is 4.98 Å². The van der Waals surface area contributed by atoms with Gasteiger partial charge in [-0.1, -0.05) is 0 Å². The molecule has 4 aliphatic rings. The van der Waals surface area contributed by atoms with Crippen LogP contribution in [0, 0.1) is 5.92 Å². The van der Waals surface area contributed by atoms with Crippen molar-refractivity contribution in [2.75, 3.05) is 39.4 Å². The van der Waals surface area contributed by atoms with Crippen molar-refractivity contribution in [3.63, 3.8) is 0 Å². The van der Waals surface area contributed by atoms with Gasteiger partial charge in [-0.05, 0) is 44.8 Å². The normalized spacial score (nSPS) is 29.2.